The molecule has 0 aliphatic carbocycles. The van der Waals surface area contributed by atoms with Gasteiger partial charge in [-0.25, -0.2) is 18.7 Å². The third-order valence-electron chi connectivity index (χ3n) is 9.85. The lowest BCUT2D eigenvalue weighted by Gasteiger charge is -2.37. The van der Waals surface area contributed by atoms with Gasteiger partial charge in [0.25, 0.3) is 5.92 Å². The molecular formula is C38H51F2N5S. The summed E-state index contributed by atoms with van der Waals surface area (Å²) < 4.78 is 31.7. The molecule has 1 aromatic carbocycles. The number of fused-ring (bicyclic) bond motifs is 1. The Bertz CT molecular complexity index is 1470. The maximum atomic E-state index is 15.9. The summed E-state index contributed by atoms with van der Waals surface area (Å²) in [6.45, 7) is 19.1. The number of alkyl halides is 2. The Morgan fingerprint density at radius 1 is 1.09 bits per heavy atom. The van der Waals surface area contributed by atoms with Gasteiger partial charge in [-0.1, -0.05) is 42.8 Å². The smallest absolute Gasteiger partial charge is 0.276 e. The molecule has 3 aliphatic heterocycles. The first kappa shape index (κ1) is 34.2. The zero-order valence-corrected chi connectivity index (χ0v) is 28.6. The number of allylic oxidation sites excluding steroid dienone is 2. The predicted octanol–water partition coefficient (Wildman–Crippen LogP) is 9.13. The van der Waals surface area contributed by atoms with Gasteiger partial charge in [0.05, 0.1) is 5.56 Å². The van der Waals surface area contributed by atoms with Gasteiger partial charge in [0.2, 0.25) is 0 Å². The number of benzene rings is 1. The molecule has 1 aromatic heterocycles. The first-order valence-corrected chi connectivity index (χ1v) is 18.6. The SMILES string of the molecule is C=CCCCCN1C(=C)C(C2CCS(=C)CC2)=Cc2c(N[C@H](C)c3cccc(C(F)(F)C4CCN(CC=C)CC4)c3)nc(C)nc21. The lowest BCUT2D eigenvalue weighted by molar-refractivity contribution is -0.0847. The number of anilines is 2. The number of piperidine rings is 1. The van der Waals surface area contributed by atoms with Crippen LogP contribution in [0.2, 0.25) is 0 Å². The highest BCUT2D eigenvalue weighted by Crippen LogP contribution is 2.45. The summed E-state index contributed by atoms with van der Waals surface area (Å²) in [4.78, 5) is 14.3. The number of nitrogens with one attached hydrogen (secondary N) is 1. The minimum Gasteiger partial charge on any atom is -0.363 e. The number of likely N-dealkylation sites (tertiary alicyclic amines) is 1. The molecule has 0 saturated carbocycles. The van der Waals surface area contributed by atoms with E-state index in [9.17, 15) is 0 Å². The van der Waals surface area contributed by atoms with Gasteiger partial charge >= 0.3 is 0 Å². The molecule has 1 N–H and O–H groups in total. The Morgan fingerprint density at radius 3 is 2.52 bits per heavy atom. The van der Waals surface area contributed by atoms with Crippen LogP contribution in [-0.4, -0.2) is 58.4 Å². The Balaban J connectivity index is 1.42. The summed E-state index contributed by atoms with van der Waals surface area (Å²) in [5, 5.41) is 3.61. The monoisotopic (exact) mass is 647 g/mol. The van der Waals surface area contributed by atoms with E-state index in [2.05, 4.69) is 46.8 Å². The number of rotatable bonds is 13. The number of halogens is 2. The van der Waals surface area contributed by atoms with Crippen molar-refractivity contribution in [2.24, 2.45) is 11.8 Å². The molecule has 0 bridgehead atoms. The van der Waals surface area contributed by atoms with Crippen LogP contribution in [0.25, 0.3) is 6.08 Å². The molecule has 2 saturated heterocycles. The fraction of sp³-hybridized carbons (Fsp3) is 0.500. The summed E-state index contributed by atoms with van der Waals surface area (Å²) in [5.41, 5.74) is 4.15. The van der Waals surface area contributed by atoms with Gasteiger partial charge in [-0.3, -0.25) is 4.90 Å². The normalized spacial score (nSPS) is 21.8. The van der Waals surface area contributed by atoms with E-state index in [4.69, 9.17) is 9.97 Å². The van der Waals surface area contributed by atoms with Crippen LogP contribution in [0.15, 0.2) is 67.4 Å². The molecule has 46 heavy (non-hydrogen) atoms. The highest BCUT2D eigenvalue weighted by atomic mass is 32.2. The molecule has 2 aromatic rings. The zero-order valence-electron chi connectivity index (χ0n) is 27.7. The molecule has 1 atom stereocenters. The Hall–Kier alpha value is -3.10. The summed E-state index contributed by atoms with van der Waals surface area (Å²) >= 11 is 0. The maximum absolute atomic E-state index is 15.9. The van der Waals surface area contributed by atoms with Crippen LogP contribution in [-0.2, 0) is 5.92 Å². The number of hydrogen-bond donors (Lipinski definition) is 1. The molecule has 0 unspecified atom stereocenters. The van der Waals surface area contributed by atoms with Crippen molar-refractivity contribution in [3.05, 3.63) is 89.9 Å². The van der Waals surface area contributed by atoms with E-state index < -0.39 is 11.8 Å². The second kappa shape index (κ2) is 15.2. The molecule has 4 heterocycles. The van der Waals surface area contributed by atoms with E-state index in [1.807, 2.05) is 32.1 Å². The van der Waals surface area contributed by atoms with Crippen LogP contribution in [0.4, 0.5) is 20.4 Å². The highest BCUT2D eigenvalue weighted by Gasteiger charge is 2.42. The van der Waals surface area contributed by atoms with Crippen molar-refractivity contribution in [3.63, 3.8) is 0 Å². The van der Waals surface area contributed by atoms with Gasteiger partial charge in [-0.05, 0) is 113 Å². The maximum Gasteiger partial charge on any atom is 0.276 e. The van der Waals surface area contributed by atoms with E-state index >= 15 is 8.78 Å². The molecule has 0 amide bonds. The van der Waals surface area contributed by atoms with Crippen molar-refractivity contribution in [1.82, 2.24) is 14.9 Å². The Kier molecular flexibility index (Phi) is 11.3. The molecule has 2 fully saturated rings. The van der Waals surface area contributed by atoms with Gasteiger partial charge in [-0.15, -0.1) is 13.2 Å². The third-order valence-corrected chi connectivity index (χ3v) is 11.5. The average molecular weight is 648 g/mol. The van der Waals surface area contributed by atoms with Crippen LogP contribution in [0.5, 0.6) is 0 Å². The molecule has 3 aliphatic rings. The molecule has 248 valence electrons. The number of aryl methyl sites for hydroxylation is 1. The van der Waals surface area contributed by atoms with Gasteiger partial charge in [0.1, 0.15) is 17.5 Å². The quantitative estimate of drug-likeness (QED) is 0.133. The number of aromatic nitrogens is 2. The van der Waals surface area contributed by atoms with E-state index in [0.29, 0.717) is 37.7 Å². The Labute approximate surface area is 277 Å². The van der Waals surface area contributed by atoms with Crippen LogP contribution >= 0.6 is 10.5 Å². The Morgan fingerprint density at radius 2 is 1.83 bits per heavy atom. The lowest BCUT2D eigenvalue weighted by atomic mass is 9.85. The second-order valence-corrected chi connectivity index (χ2v) is 15.2. The van der Waals surface area contributed by atoms with Gasteiger partial charge < -0.3 is 10.2 Å². The summed E-state index contributed by atoms with van der Waals surface area (Å²) in [6, 6.07) is 6.71. The zero-order chi connectivity index (χ0) is 32.8. The van der Waals surface area contributed by atoms with Crippen molar-refractivity contribution in [2.45, 2.75) is 70.8 Å². The second-order valence-electron chi connectivity index (χ2n) is 13.1. The minimum absolute atomic E-state index is 0.0904. The van der Waals surface area contributed by atoms with Crippen LogP contribution in [0.1, 0.15) is 80.4 Å². The fourth-order valence-corrected chi connectivity index (χ4v) is 8.51. The largest absolute Gasteiger partial charge is 0.363 e. The molecule has 5 rings (SSSR count). The van der Waals surface area contributed by atoms with E-state index in [1.165, 1.54) is 5.57 Å². The molecule has 8 heteroatoms. The van der Waals surface area contributed by atoms with Crippen molar-refractivity contribution < 1.29 is 8.78 Å². The molecular weight excluding hydrogens is 597 g/mol. The fourth-order valence-electron chi connectivity index (χ4n) is 7.07. The average Bonchev–Trinajstić information content (AvgIpc) is 3.05. The van der Waals surface area contributed by atoms with E-state index in [-0.39, 0.29) is 22.1 Å². The summed E-state index contributed by atoms with van der Waals surface area (Å²) in [7, 11) is 0.237. The topological polar surface area (TPSA) is 44.3 Å². The van der Waals surface area contributed by atoms with E-state index in [0.717, 1.165) is 85.2 Å². The van der Waals surface area contributed by atoms with E-state index in [1.54, 1.807) is 18.2 Å². The summed E-state index contributed by atoms with van der Waals surface area (Å²) in [5.74, 6) is 5.74. The summed E-state index contributed by atoms with van der Waals surface area (Å²) in [6.07, 6.45) is 12.3. The molecule has 0 spiro atoms. The highest BCUT2D eigenvalue weighted by molar-refractivity contribution is 8.14. The van der Waals surface area contributed by atoms with Crippen molar-refractivity contribution >= 4 is 34.1 Å². The number of unbranched alkanes of at least 4 members (excludes halogenated alkanes) is 2. The standard InChI is InChI=1S/C38H51F2N5S/c1-7-9-10-11-20-45-28(4)34(30-17-23-46(6)24-18-30)26-35-36(42-29(5)43-37(35)45)41-27(3)31-13-12-14-33(25-31)38(39,40)32-15-21-44(19-8-2)22-16-32/h7-8,12-14,25-27,30,32H,1-2,4,6,9-11,15-24H2,3,5H3,(H,41,42,43)/t27-,30?,46?/m1/s1. The predicted molar refractivity (Wildman–Crippen MR) is 194 cm³/mol. The van der Waals surface area contributed by atoms with Crippen LogP contribution in [0.3, 0.4) is 0 Å². The number of hydrogen-bond acceptors (Lipinski definition) is 5. The van der Waals surface area contributed by atoms with Crippen molar-refractivity contribution in [2.75, 3.05) is 47.9 Å². The third kappa shape index (κ3) is 7.71. The lowest BCUT2D eigenvalue weighted by Crippen LogP contribution is -2.39. The van der Waals surface area contributed by atoms with Crippen LogP contribution < -0.4 is 10.2 Å². The first-order valence-electron chi connectivity index (χ1n) is 16.9. The first-order chi connectivity index (χ1) is 22.1. The van der Waals surface area contributed by atoms with Gasteiger partial charge in [0.15, 0.2) is 0 Å². The van der Waals surface area contributed by atoms with Crippen LogP contribution in [0, 0.1) is 18.8 Å². The minimum atomic E-state index is -2.89. The van der Waals surface area contributed by atoms with Gasteiger partial charge in [-0.2, -0.15) is 10.5 Å². The van der Waals surface area contributed by atoms with Gasteiger partial charge in [0, 0.05) is 36.3 Å². The number of nitrogens with zero attached hydrogens (tertiary/aromatic N) is 4. The van der Waals surface area contributed by atoms with Crippen molar-refractivity contribution in [1.29, 1.82) is 0 Å². The molecule has 5 nitrogen and oxygen atoms in total. The van der Waals surface area contributed by atoms with Crippen molar-refractivity contribution in [3.8, 4) is 0 Å². The molecule has 0 radical (unpaired) electrons.